The topological polar surface area (TPSA) is 71.3 Å². The van der Waals surface area contributed by atoms with E-state index in [0.717, 1.165) is 25.7 Å². The smallest absolute Gasteiger partial charge is 0.247 e. The van der Waals surface area contributed by atoms with E-state index in [4.69, 9.17) is 9.47 Å². The maximum absolute atomic E-state index is 11.9. The van der Waals surface area contributed by atoms with E-state index < -0.39 is 6.04 Å². The molecule has 1 aliphatic rings. The number of benzene rings is 1. The molecule has 21 heavy (non-hydrogen) atoms. The summed E-state index contributed by atoms with van der Waals surface area (Å²) in [4.78, 5) is 11.9. The molecule has 0 radical (unpaired) electrons. The lowest BCUT2D eigenvalue weighted by atomic mass is 10.1. The van der Waals surface area contributed by atoms with Crippen LogP contribution in [0, 0.1) is 11.3 Å². The maximum Gasteiger partial charge on any atom is 0.247 e. The van der Waals surface area contributed by atoms with Crippen LogP contribution in [-0.2, 0) is 9.53 Å². The minimum atomic E-state index is -0.735. The van der Waals surface area contributed by atoms with Gasteiger partial charge in [0.15, 0.2) is 0 Å². The van der Waals surface area contributed by atoms with Gasteiger partial charge in [-0.3, -0.25) is 4.79 Å². The molecule has 0 spiro atoms. The Balaban J connectivity index is 1.92. The fourth-order valence-corrected chi connectivity index (χ4v) is 2.54. The first kappa shape index (κ1) is 15.3. The van der Waals surface area contributed by atoms with Gasteiger partial charge in [-0.25, -0.2) is 0 Å². The summed E-state index contributed by atoms with van der Waals surface area (Å²) in [6.07, 6.45) is 4.54. The van der Waals surface area contributed by atoms with Gasteiger partial charge in [0, 0.05) is 5.56 Å². The first-order valence-electron chi connectivity index (χ1n) is 7.18. The molecule has 2 rings (SSSR count). The van der Waals surface area contributed by atoms with Crippen LogP contribution >= 0.6 is 0 Å². The number of rotatable bonds is 6. The average Bonchev–Trinajstić information content (AvgIpc) is 3.04. The second kappa shape index (κ2) is 7.65. The molecule has 1 fully saturated rings. The zero-order chi connectivity index (χ0) is 15.1. The van der Waals surface area contributed by atoms with E-state index in [0.29, 0.717) is 11.3 Å². The monoisotopic (exact) mass is 288 g/mol. The number of carbonyl (C=O) groups excluding carboxylic acids is 1. The van der Waals surface area contributed by atoms with Crippen molar-refractivity contribution in [2.75, 3.05) is 13.7 Å². The van der Waals surface area contributed by atoms with Crippen LogP contribution in [0.3, 0.4) is 0 Å². The highest BCUT2D eigenvalue weighted by Crippen LogP contribution is 2.24. The average molecular weight is 288 g/mol. The van der Waals surface area contributed by atoms with E-state index in [9.17, 15) is 10.1 Å². The zero-order valence-electron chi connectivity index (χ0n) is 12.2. The zero-order valence-corrected chi connectivity index (χ0v) is 12.2. The lowest BCUT2D eigenvalue weighted by molar-refractivity contribution is -0.128. The summed E-state index contributed by atoms with van der Waals surface area (Å²) in [5, 5.41) is 11.9. The normalized spacial score (nSPS) is 16.2. The largest absolute Gasteiger partial charge is 0.496 e. The van der Waals surface area contributed by atoms with E-state index in [-0.39, 0.29) is 18.6 Å². The highest BCUT2D eigenvalue weighted by atomic mass is 16.5. The summed E-state index contributed by atoms with van der Waals surface area (Å²) >= 11 is 0. The SMILES string of the molecule is COc1ccccc1[C@H](C#N)NC(=O)COC1CCCC1. The molecular formula is C16H20N2O3. The summed E-state index contributed by atoms with van der Waals surface area (Å²) in [5.74, 6) is 0.306. The van der Waals surface area contributed by atoms with Gasteiger partial charge in [-0.2, -0.15) is 5.26 Å². The molecule has 1 aliphatic carbocycles. The van der Waals surface area contributed by atoms with Crippen molar-refractivity contribution in [2.24, 2.45) is 0 Å². The Morgan fingerprint density at radius 3 is 2.81 bits per heavy atom. The number of nitriles is 1. The van der Waals surface area contributed by atoms with E-state index in [2.05, 4.69) is 11.4 Å². The van der Waals surface area contributed by atoms with Crippen LogP contribution in [0.5, 0.6) is 5.75 Å². The molecule has 0 unspecified atom stereocenters. The third-order valence-electron chi connectivity index (χ3n) is 3.64. The first-order valence-corrected chi connectivity index (χ1v) is 7.18. The Morgan fingerprint density at radius 1 is 1.43 bits per heavy atom. The quantitative estimate of drug-likeness (QED) is 0.872. The molecule has 0 aliphatic heterocycles. The second-order valence-electron chi connectivity index (χ2n) is 5.09. The maximum atomic E-state index is 11.9. The van der Waals surface area contributed by atoms with Crippen molar-refractivity contribution in [1.82, 2.24) is 5.32 Å². The Hall–Kier alpha value is -2.06. The summed E-state index contributed by atoms with van der Waals surface area (Å²) in [6.45, 7) is -0.00199. The molecule has 0 aromatic heterocycles. The van der Waals surface area contributed by atoms with Crippen LogP contribution in [-0.4, -0.2) is 25.7 Å². The third kappa shape index (κ3) is 4.20. The fraction of sp³-hybridized carbons (Fsp3) is 0.500. The van der Waals surface area contributed by atoms with E-state index in [1.807, 2.05) is 12.1 Å². The molecule has 1 aromatic carbocycles. The number of nitrogens with one attached hydrogen (secondary N) is 1. The molecule has 0 saturated heterocycles. The lowest BCUT2D eigenvalue weighted by Crippen LogP contribution is -2.32. The summed E-state index contributed by atoms with van der Waals surface area (Å²) in [6, 6.07) is 8.51. The number of carbonyl (C=O) groups is 1. The second-order valence-corrected chi connectivity index (χ2v) is 5.09. The van der Waals surface area contributed by atoms with Crippen LogP contribution in [0.1, 0.15) is 37.3 Å². The third-order valence-corrected chi connectivity index (χ3v) is 3.64. The molecule has 0 bridgehead atoms. The lowest BCUT2D eigenvalue weighted by Gasteiger charge is -2.16. The van der Waals surface area contributed by atoms with Gasteiger partial charge in [-0.1, -0.05) is 31.0 Å². The van der Waals surface area contributed by atoms with Crippen molar-refractivity contribution >= 4 is 5.91 Å². The Labute approximate surface area is 124 Å². The van der Waals surface area contributed by atoms with Gasteiger partial charge in [0.2, 0.25) is 5.91 Å². The number of amides is 1. The predicted molar refractivity (Wildman–Crippen MR) is 77.7 cm³/mol. The molecule has 1 atom stereocenters. The Bertz CT molecular complexity index is 518. The van der Waals surface area contributed by atoms with Crippen LogP contribution in [0.2, 0.25) is 0 Å². The van der Waals surface area contributed by atoms with Crippen molar-refractivity contribution in [3.05, 3.63) is 29.8 Å². The minimum absolute atomic E-state index is 0.00199. The highest BCUT2D eigenvalue weighted by molar-refractivity contribution is 5.78. The van der Waals surface area contributed by atoms with Crippen LogP contribution in [0.15, 0.2) is 24.3 Å². The van der Waals surface area contributed by atoms with Gasteiger partial charge in [0.1, 0.15) is 18.4 Å². The summed E-state index contributed by atoms with van der Waals surface area (Å²) < 4.78 is 10.8. The Morgan fingerprint density at radius 2 is 2.14 bits per heavy atom. The fourth-order valence-electron chi connectivity index (χ4n) is 2.54. The number of para-hydroxylation sites is 1. The molecule has 5 nitrogen and oxygen atoms in total. The molecule has 1 saturated carbocycles. The van der Waals surface area contributed by atoms with Crippen molar-refractivity contribution in [1.29, 1.82) is 5.26 Å². The van der Waals surface area contributed by atoms with Gasteiger partial charge in [0.05, 0.1) is 19.3 Å². The molecule has 1 amide bonds. The van der Waals surface area contributed by atoms with Gasteiger partial charge in [-0.05, 0) is 18.9 Å². The number of hydrogen-bond acceptors (Lipinski definition) is 4. The van der Waals surface area contributed by atoms with E-state index >= 15 is 0 Å². The molecule has 112 valence electrons. The highest BCUT2D eigenvalue weighted by Gasteiger charge is 2.20. The van der Waals surface area contributed by atoms with Gasteiger partial charge in [0.25, 0.3) is 0 Å². The number of ether oxygens (including phenoxy) is 2. The summed E-state index contributed by atoms with van der Waals surface area (Å²) in [7, 11) is 1.54. The number of nitrogens with zero attached hydrogens (tertiary/aromatic N) is 1. The van der Waals surface area contributed by atoms with Crippen molar-refractivity contribution < 1.29 is 14.3 Å². The van der Waals surface area contributed by atoms with Gasteiger partial charge < -0.3 is 14.8 Å². The number of methoxy groups -OCH3 is 1. The standard InChI is InChI=1S/C16H20N2O3/c1-20-15-9-5-4-8-13(15)14(10-17)18-16(19)11-21-12-6-2-3-7-12/h4-5,8-9,12,14H,2-3,6-7,11H2,1H3,(H,18,19)/t14-/m0/s1. The van der Waals surface area contributed by atoms with E-state index in [1.165, 1.54) is 7.11 Å². The predicted octanol–water partition coefficient (Wildman–Crippen LogP) is 2.34. The van der Waals surface area contributed by atoms with Crippen LogP contribution < -0.4 is 10.1 Å². The van der Waals surface area contributed by atoms with Crippen LogP contribution in [0.25, 0.3) is 0 Å². The Kier molecular flexibility index (Phi) is 5.59. The molecule has 0 heterocycles. The van der Waals surface area contributed by atoms with Gasteiger partial charge in [-0.15, -0.1) is 0 Å². The van der Waals surface area contributed by atoms with Crippen molar-refractivity contribution in [2.45, 2.75) is 37.8 Å². The molecule has 1 N–H and O–H groups in total. The first-order chi connectivity index (χ1) is 10.2. The molecule has 1 aromatic rings. The summed E-state index contributed by atoms with van der Waals surface area (Å²) in [5.41, 5.74) is 0.650. The molecule has 5 heteroatoms. The van der Waals surface area contributed by atoms with Crippen molar-refractivity contribution in [3.63, 3.8) is 0 Å². The van der Waals surface area contributed by atoms with E-state index in [1.54, 1.807) is 12.1 Å². The van der Waals surface area contributed by atoms with Gasteiger partial charge >= 0.3 is 0 Å². The van der Waals surface area contributed by atoms with Crippen LogP contribution in [0.4, 0.5) is 0 Å². The van der Waals surface area contributed by atoms with Crippen molar-refractivity contribution in [3.8, 4) is 11.8 Å². The minimum Gasteiger partial charge on any atom is -0.496 e. The number of hydrogen-bond donors (Lipinski definition) is 1. The molecular weight excluding hydrogens is 268 g/mol.